The molecule has 0 saturated heterocycles. The number of para-hydroxylation sites is 1. The van der Waals surface area contributed by atoms with Crippen LogP contribution in [0, 0.1) is 5.82 Å². The van der Waals surface area contributed by atoms with Crippen molar-refractivity contribution in [2.24, 2.45) is 7.05 Å². The number of hydrogen-bond acceptors (Lipinski definition) is 4. The molecule has 27 heavy (non-hydrogen) atoms. The summed E-state index contributed by atoms with van der Waals surface area (Å²) < 4.78 is 20.2. The SMILES string of the molecule is COC(=O)c1ccccc1N[C@H](C)c1cc(F)cc2c(=O)n(C)c(Cl)cc12. The number of fused-ring (bicyclic) bond motifs is 1. The summed E-state index contributed by atoms with van der Waals surface area (Å²) in [6.45, 7) is 1.81. The van der Waals surface area contributed by atoms with Crippen LogP contribution < -0.4 is 10.9 Å². The van der Waals surface area contributed by atoms with E-state index in [9.17, 15) is 14.0 Å². The van der Waals surface area contributed by atoms with Crippen molar-refractivity contribution in [3.8, 4) is 0 Å². The highest BCUT2D eigenvalue weighted by Gasteiger charge is 2.18. The Morgan fingerprint density at radius 2 is 1.93 bits per heavy atom. The van der Waals surface area contributed by atoms with Gasteiger partial charge < -0.3 is 14.6 Å². The van der Waals surface area contributed by atoms with Crippen LogP contribution in [0.4, 0.5) is 10.1 Å². The van der Waals surface area contributed by atoms with E-state index < -0.39 is 17.8 Å². The zero-order chi connectivity index (χ0) is 19.7. The summed E-state index contributed by atoms with van der Waals surface area (Å²) in [4.78, 5) is 24.4. The molecule has 1 aromatic heterocycles. The summed E-state index contributed by atoms with van der Waals surface area (Å²) in [5.74, 6) is -1.00. The molecular weight excluding hydrogens is 371 g/mol. The minimum absolute atomic E-state index is 0.242. The third kappa shape index (κ3) is 3.53. The minimum Gasteiger partial charge on any atom is -0.465 e. The van der Waals surface area contributed by atoms with Gasteiger partial charge in [0.25, 0.3) is 5.56 Å². The first-order valence-electron chi connectivity index (χ1n) is 8.26. The molecule has 0 aliphatic rings. The molecule has 0 saturated carbocycles. The Bertz CT molecular complexity index is 1090. The number of pyridine rings is 1. The second-order valence-corrected chi connectivity index (χ2v) is 6.58. The van der Waals surface area contributed by atoms with Crippen LogP contribution in [-0.4, -0.2) is 17.6 Å². The highest BCUT2D eigenvalue weighted by atomic mass is 35.5. The molecule has 7 heteroatoms. The second-order valence-electron chi connectivity index (χ2n) is 6.19. The third-order valence-electron chi connectivity index (χ3n) is 4.47. The van der Waals surface area contributed by atoms with Crippen LogP contribution in [-0.2, 0) is 11.8 Å². The number of ether oxygens (including phenoxy) is 1. The molecule has 0 bridgehead atoms. The van der Waals surface area contributed by atoms with E-state index >= 15 is 0 Å². The summed E-state index contributed by atoms with van der Waals surface area (Å²) in [6.07, 6.45) is 0. The lowest BCUT2D eigenvalue weighted by Gasteiger charge is -2.20. The Labute approximate surface area is 160 Å². The lowest BCUT2D eigenvalue weighted by atomic mass is 9.99. The summed E-state index contributed by atoms with van der Waals surface area (Å²) in [7, 11) is 2.84. The largest absolute Gasteiger partial charge is 0.465 e. The zero-order valence-corrected chi connectivity index (χ0v) is 15.8. The Hall–Kier alpha value is -2.86. The molecular formula is C20H18ClFN2O3. The van der Waals surface area contributed by atoms with Gasteiger partial charge >= 0.3 is 5.97 Å². The van der Waals surface area contributed by atoms with E-state index in [1.807, 2.05) is 6.92 Å². The van der Waals surface area contributed by atoms with Crippen molar-refractivity contribution in [3.05, 3.63) is 74.9 Å². The summed E-state index contributed by atoms with van der Waals surface area (Å²) in [6, 6.07) is 10.7. The smallest absolute Gasteiger partial charge is 0.339 e. The number of carbonyl (C=O) groups is 1. The number of esters is 1. The van der Waals surface area contributed by atoms with E-state index in [0.29, 0.717) is 22.2 Å². The predicted octanol–water partition coefficient (Wildman–Crippen LogP) is 4.29. The molecule has 1 heterocycles. The first-order valence-corrected chi connectivity index (χ1v) is 8.64. The lowest BCUT2D eigenvalue weighted by molar-refractivity contribution is 0.0602. The van der Waals surface area contributed by atoms with Gasteiger partial charge in [-0.15, -0.1) is 0 Å². The van der Waals surface area contributed by atoms with Crippen LogP contribution in [0.2, 0.25) is 5.15 Å². The molecule has 0 spiro atoms. The van der Waals surface area contributed by atoms with Crippen molar-refractivity contribution < 1.29 is 13.9 Å². The Morgan fingerprint density at radius 1 is 1.22 bits per heavy atom. The molecule has 1 N–H and O–H groups in total. The van der Waals surface area contributed by atoms with Gasteiger partial charge in [0, 0.05) is 18.8 Å². The van der Waals surface area contributed by atoms with Gasteiger partial charge in [-0.1, -0.05) is 23.7 Å². The van der Waals surface area contributed by atoms with Gasteiger partial charge in [-0.2, -0.15) is 0 Å². The van der Waals surface area contributed by atoms with Crippen LogP contribution in [0.3, 0.4) is 0 Å². The molecule has 1 atom stereocenters. The molecule has 2 aromatic carbocycles. The normalized spacial score (nSPS) is 12.0. The highest BCUT2D eigenvalue weighted by molar-refractivity contribution is 6.30. The van der Waals surface area contributed by atoms with Crippen LogP contribution >= 0.6 is 11.6 Å². The van der Waals surface area contributed by atoms with Gasteiger partial charge in [0.15, 0.2) is 0 Å². The molecule has 0 fully saturated rings. The molecule has 0 radical (unpaired) electrons. The van der Waals surface area contributed by atoms with Crippen molar-refractivity contribution in [1.82, 2.24) is 4.57 Å². The van der Waals surface area contributed by atoms with E-state index in [2.05, 4.69) is 5.32 Å². The minimum atomic E-state index is -0.521. The van der Waals surface area contributed by atoms with Crippen LogP contribution in [0.1, 0.15) is 28.9 Å². The van der Waals surface area contributed by atoms with Crippen LogP contribution in [0.5, 0.6) is 0 Å². The Balaban J connectivity index is 2.11. The Kier molecular flexibility index (Phi) is 5.19. The molecule has 0 aliphatic carbocycles. The van der Waals surface area contributed by atoms with E-state index in [1.54, 1.807) is 30.3 Å². The fraction of sp³-hybridized carbons (Fsp3) is 0.200. The molecule has 3 rings (SSSR count). The van der Waals surface area contributed by atoms with Gasteiger partial charge in [-0.25, -0.2) is 9.18 Å². The number of methoxy groups -OCH3 is 1. The van der Waals surface area contributed by atoms with Crippen LogP contribution in [0.15, 0.2) is 47.3 Å². The third-order valence-corrected chi connectivity index (χ3v) is 4.83. The number of hydrogen-bond donors (Lipinski definition) is 1. The van der Waals surface area contributed by atoms with Gasteiger partial charge in [-0.3, -0.25) is 4.79 Å². The second kappa shape index (κ2) is 7.40. The number of benzene rings is 2. The van der Waals surface area contributed by atoms with E-state index in [-0.39, 0.29) is 16.1 Å². The fourth-order valence-corrected chi connectivity index (χ4v) is 3.22. The standard InChI is InChI=1S/C20H18ClFN2O3/c1-11(23-17-7-5-4-6-13(17)20(26)27-3)14-8-12(22)9-16-15(14)10-18(21)24(2)19(16)25/h4-11,23H,1-3H3/t11-/m1/s1. The van der Waals surface area contributed by atoms with Gasteiger partial charge in [-0.05, 0) is 48.2 Å². The number of carbonyl (C=O) groups excluding carboxylic acids is 1. The molecule has 0 aliphatic heterocycles. The molecule has 140 valence electrons. The van der Waals surface area contributed by atoms with Gasteiger partial charge in [0.05, 0.1) is 18.1 Å². The maximum Gasteiger partial charge on any atom is 0.339 e. The maximum absolute atomic E-state index is 14.2. The van der Waals surface area contributed by atoms with Crippen molar-refractivity contribution >= 4 is 34.0 Å². The van der Waals surface area contributed by atoms with Gasteiger partial charge in [0.1, 0.15) is 11.0 Å². The Morgan fingerprint density at radius 3 is 2.63 bits per heavy atom. The van der Waals surface area contributed by atoms with Gasteiger partial charge in [0.2, 0.25) is 0 Å². The number of rotatable bonds is 4. The molecule has 3 aromatic rings. The van der Waals surface area contributed by atoms with Crippen molar-refractivity contribution in [1.29, 1.82) is 0 Å². The average Bonchev–Trinajstić information content (AvgIpc) is 2.66. The van der Waals surface area contributed by atoms with E-state index in [1.165, 1.54) is 30.9 Å². The number of nitrogens with zero attached hydrogens (tertiary/aromatic N) is 1. The predicted molar refractivity (Wildman–Crippen MR) is 104 cm³/mol. The number of nitrogens with one attached hydrogen (secondary N) is 1. The zero-order valence-electron chi connectivity index (χ0n) is 15.0. The summed E-state index contributed by atoms with van der Waals surface area (Å²) >= 11 is 6.14. The number of anilines is 1. The molecule has 0 unspecified atom stereocenters. The first kappa shape index (κ1) is 18.9. The summed E-state index contributed by atoms with van der Waals surface area (Å²) in [5, 5.41) is 4.25. The lowest BCUT2D eigenvalue weighted by Crippen LogP contribution is -2.19. The number of aromatic nitrogens is 1. The highest BCUT2D eigenvalue weighted by Crippen LogP contribution is 2.29. The maximum atomic E-state index is 14.2. The van der Waals surface area contributed by atoms with Crippen LogP contribution in [0.25, 0.3) is 10.8 Å². The quantitative estimate of drug-likeness (QED) is 0.535. The number of halogens is 2. The van der Waals surface area contributed by atoms with E-state index in [4.69, 9.17) is 16.3 Å². The summed E-state index contributed by atoms with van der Waals surface area (Å²) in [5.41, 5.74) is 1.09. The average molecular weight is 389 g/mol. The van der Waals surface area contributed by atoms with E-state index in [0.717, 1.165) is 0 Å². The van der Waals surface area contributed by atoms with Crippen molar-refractivity contribution in [2.45, 2.75) is 13.0 Å². The monoisotopic (exact) mass is 388 g/mol. The van der Waals surface area contributed by atoms with Crippen molar-refractivity contribution in [3.63, 3.8) is 0 Å². The molecule has 5 nitrogen and oxygen atoms in total. The van der Waals surface area contributed by atoms with Crippen molar-refractivity contribution in [2.75, 3.05) is 12.4 Å². The fourth-order valence-electron chi connectivity index (χ4n) is 3.04. The first-order chi connectivity index (χ1) is 12.8. The molecule has 0 amide bonds. The topological polar surface area (TPSA) is 60.3 Å².